The van der Waals surface area contributed by atoms with E-state index in [9.17, 15) is 15.0 Å². The molecule has 8 nitrogen and oxygen atoms in total. The predicted molar refractivity (Wildman–Crippen MR) is 57.7 cm³/mol. The van der Waals surface area contributed by atoms with Gasteiger partial charge in [0, 0.05) is 6.92 Å². The zero-order valence-electron chi connectivity index (χ0n) is 10.0. The van der Waals surface area contributed by atoms with Gasteiger partial charge in [0.15, 0.2) is 12.0 Å². The fourth-order valence-corrected chi connectivity index (χ4v) is 1.92. The maximum absolute atomic E-state index is 11.1. The third-order valence-corrected chi connectivity index (χ3v) is 3.00. The van der Waals surface area contributed by atoms with E-state index in [1.165, 1.54) is 20.2 Å². The van der Waals surface area contributed by atoms with Crippen LogP contribution in [-0.2, 0) is 4.74 Å². The normalized spacial score (nSPS) is 35.9. The van der Waals surface area contributed by atoms with Crippen LogP contribution in [-0.4, -0.2) is 60.3 Å². The van der Waals surface area contributed by atoms with Gasteiger partial charge >= 0.3 is 0 Å². The van der Waals surface area contributed by atoms with Gasteiger partial charge in [-0.2, -0.15) is 0 Å². The summed E-state index contributed by atoms with van der Waals surface area (Å²) >= 11 is 0. The highest BCUT2D eigenvalue weighted by atomic mass is 16.6. The van der Waals surface area contributed by atoms with Gasteiger partial charge in [0.2, 0.25) is 5.82 Å². The molecule has 100 valence electrons. The first kappa shape index (κ1) is 13.1. The summed E-state index contributed by atoms with van der Waals surface area (Å²) in [6.07, 6.45) is -1.93. The molecule has 3 N–H and O–H groups in total. The minimum Gasteiger partial charge on any atom is -0.394 e. The Morgan fingerprint density at radius 2 is 2.33 bits per heavy atom. The number of carbonyl (C=O) groups is 1. The van der Waals surface area contributed by atoms with Crippen LogP contribution in [0.4, 0.5) is 0 Å². The molecule has 2 rings (SSSR count). The van der Waals surface area contributed by atoms with Crippen LogP contribution in [0, 0.1) is 0 Å². The molecule has 0 aromatic carbocycles. The molecule has 1 aromatic heterocycles. The number of ether oxygens (including phenoxy) is 1. The highest BCUT2D eigenvalue weighted by molar-refractivity contribution is 5.89. The number of hydrogen-bond acceptors (Lipinski definition) is 7. The molecule has 1 saturated heterocycles. The predicted octanol–water partition coefficient (Wildman–Crippen LogP) is -1.52. The van der Waals surface area contributed by atoms with Gasteiger partial charge in [0.1, 0.15) is 24.1 Å². The third-order valence-electron chi connectivity index (χ3n) is 3.00. The van der Waals surface area contributed by atoms with Crippen LogP contribution in [0.5, 0.6) is 0 Å². The van der Waals surface area contributed by atoms with E-state index in [4.69, 9.17) is 9.84 Å². The molecule has 1 aliphatic rings. The number of hydrogen-bond donors (Lipinski definition) is 3. The molecule has 0 unspecified atom stereocenters. The molecule has 2 heterocycles. The van der Waals surface area contributed by atoms with Crippen molar-refractivity contribution in [2.24, 2.45) is 0 Å². The Morgan fingerprint density at radius 1 is 1.67 bits per heavy atom. The van der Waals surface area contributed by atoms with E-state index in [1.807, 2.05) is 0 Å². The monoisotopic (exact) mass is 257 g/mol. The molecule has 0 aliphatic carbocycles. The van der Waals surface area contributed by atoms with Gasteiger partial charge in [-0.1, -0.05) is 0 Å². The van der Waals surface area contributed by atoms with Crippen LogP contribution in [0.1, 0.15) is 30.7 Å². The van der Waals surface area contributed by atoms with E-state index in [-0.39, 0.29) is 11.6 Å². The summed E-state index contributed by atoms with van der Waals surface area (Å²) in [5.41, 5.74) is -1.63. The van der Waals surface area contributed by atoms with Gasteiger partial charge in [-0.25, -0.2) is 9.67 Å². The Morgan fingerprint density at radius 3 is 2.78 bits per heavy atom. The third kappa shape index (κ3) is 1.93. The second-order valence-corrected chi connectivity index (χ2v) is 4.48. The maximum Gasteiger partial charge on any atom is 0.217 e. The molecular formula is C10H15N3O5. The zero-order chi connectivity index (χ0) is 13.5. The Kier molecular flexibility index (Phi) is 3.20. The van der Waals surface area contributed by atoms with Crippen molar-refractivity contribution < 1.29 is 24.9 Å². The standard InChI is InChI=1S/C10H15N3O5/c1-5(15)8-11-4-13(12-8)9-10(2,17)7(16)6(3-14)18-9/h4,6-7,9,14,16-17H,3H2,1-2H3/t6-,7-,9-,10-/m1/s1. The van der Waals surface area contributed by atoms with Crippen LogP contribution < -0.4 is 0 Å². The number of rotatable bonds is 3. The second kappa shape index (κ2) is 4.39. The molecule has 0 radical (unpaired) electrons. The average Bonchev–Trinajstić information content (AvgIpc) is 2.85. The Bertz CT molecular complexity index is 458. The van der Waals surface area contributed by atoms with E-state index in [0.717, 1.165) is 4.68 Å². The lowest BCUT2D eigenvalue weighted by atomic mass is 9.97. The highest BCUT2D eigenvalue weighted by Gasteiger charge is 2.53. The summed E-state index contributed by atoms with van der Waals surface area (Å²) in [7, 11) is 0. The van der Waals surface area contributed by atoms with Crippen molar-refractivity contribution in [1.82, 2.24) is 14.8 Å². The molecule has 4 atom stereocenters. The van der Waals surface area contributed by atoms with Gasteiger partial charge in [0.05, 0.1) is 6.61 Å². The van der Waals surface area contributed by atoms with Crippen molar-refractivity contribution in [3.63, 3.8) is 0 Å². The lowest BCUT2D eigenvalue weighted by molar-refractivity contribution is -0.102. The van der Waals surface area contributed by atoms with Gasteiger partial charge in [0.25, 0.3) is 0 Å². The van der Waals surface area contributed by atoms with Gasteiger partial charge in [-0.3, -0.25) is 4.79 Å². The van der Waals surface area contributed by atoms with Crippen LogP contribution in [0.2, 0.25) is 0 Å². The first-order valence-corrected chi connectivity index (χ1v) is 5.46. The molecule has 0 bridgehead atoms. The van der Waals surface area contributed by atoms with Crippen molar-refractivity contribution >= 4 is 5.78 Å². The number of nitrogens with zero attached hydrogens (tertiary/aromatic N) is 3. The van der Waals surface area contributed by atoms with E-state index in [0.29, 0.717) is 0 Å². The van der Waals surface area contributed by atoms with Crippen LogP contribution in [0.25, 0.3) is 0 Å². The van der Waals surface area contributed by atoms with Gasteiger partial charge in [-0.15, -0.1) is 5.10 Å². The quantitative estimate of drug-likeness (QED) is 0.563. The van der Waals surface area contributed by atoms with E-state index in [1.54, 1.807) is 0 Å². The molecule has 1 aliphatic heterocycles. The first-order chi connectivity index (χ1) is 8.37. The van der Waals surface area contributed by atoms with Crippen molar-refractivity contribution in [2.45, 2.75) is 37.9 Å². The van der Waals surface area contributed by atoms with Crippen molar-refractivity contribution in [3.05, 3.63) is 12.2 Å². The second-order valence-electron chi connectivity index (χ2n) is 4.48. The highest BCUT2D eigenvalue weighted by Crippen LogP contribution is 2.37. The number of Topliss-reactive ketones (excluding diaryl/α,β-unsaturated/α-hetero) is 1. The lowest BCUT2D eigenvalue weighted by Crippen LogP contribution is -2.44. The molecule has 0 amide bonds. The number of carbonyl (C=O) groups excluding carboxylic acids is 1. The molecule has 0 spiro atoms. The van der Waals surface area contributed by atoms with Crippen LogP contribution >= 0.6 is 0 Å². The van der Waals surface area contributed by atoms with E-state index >= 15 is 0 Å². The molecule has 1 fully saturated rings. The largest absolute Gasteiger partial charge is 0.394 e. The summed E-state index contributed by atoms with van der Waals surface area (Å²) in [5, 5.41) is 32.9. The number of ketones is 1. The summed E-state index contributed by atoms with van der Waals surface area (Å²) in [6, 6.07) is 0. The van der Waals surface area contributed by atoms with Crippen molar-refractivity contribution in [3.8, 4) is 0 Å². The topological polar surface area (TPSA) is 118 Å². The summed E-state index contributed by atoms with van der Waals surface area (Å²) in [6.45, 7) is 2.26. The molecule has 18 heavy (non-hydrogen) atoms. The first-order valence-electron chi connectivity index (χ1n) is 5.46. The molecule has 0 saturated carbocycles. The number of aromatic nitrogens is 3. The summed E-state index contributed by atoms with van der Waals surface area (Å²) < 4.78 is 6.48. The van der Waals surface area contributed by atoms with Gasteiger partial charge in [-0.05, 0) is 6.92 Å². The lowest BCUT2D eigenvalue weighted by Gasteiger charge is -2.25. The van der Waals surface area contributed by atoms with E-state index in [2.05, 4.69) is 10.1 Å². The zero-order valence-corrected chi connectivity index (χ0v) is 10.0. The van der Waals surface area contributed by atoms with Crippen molar-refractivity contribution in [1.29, 1.82) is 0 Å². The van der Waals surface area contributed by atoms with Crippen LogP contribution in [0.15, 0.2) is 6.33 Å². The Balaban J connectivity index is 2.29. The minimum absolute atomic E-state index is 0.00339. The summed E-state index contributed by atoms with van der Waals surface area (Å²) in [4.78, 5) is 14.9. The number of aliphatic hydroxyl groups is 3. The number of aliphatic hydroxyl groups excluding tert-OH is 2. The van der Waals surface area contributed by atoms with E-state index < -0.39 is 30.6 Å². The minimum atomic E-state index is -1.63. The Hall–Kier alpha value is -1.35. The summed E-state index contributed by atoms with van der Waals surface area (Å²) in [5.74, 6) is -0.318. The SMILES string of the molecule is CC(=O)c1ncn([C@@H]2O[C@H](CO)[C@@H](O)[C@@]2(C)O)n1. The molecular weight excluding hydrogens is 242 g/mol. The molecule has 1 aromatic rings. The van der Waals surface area contributed by atoms with Crippen molar-refractivity contribution in [2.75, 3.05) is 6.61 Å². The van der Waals surface area contributed by atoms with Crippen LogP contribution in [0.3, 0.4) is 0 Å². The fourth-order valence-electron chi connectivity index (χ4n) is 1.92. The maximum atomic E-state index is 11.1. The average molecular weight is 257 g/mol. The Labute approximate surface area is 103 Å². The fraction of sp³-hybridized carbons (Fsp3) is 0.700. The molecule has 8 heteroatoms. The smallest absolute Gasteiger partial charge is 0.217 e. The van der Waals surface area contributed by atoms with Gasteiger partial charge < -0.3 is 20.1 Å².